The fourth-order valence-electron chi connectivity index (χ4n) is 2.20. The van der Waals surface area contributed by atoms with Gasteiger partial charge < -0.3 is 5.11 Å². The van der Waals surface area contributed by atoms with Crippen LogP contribution in [0.5, 0.6) is 5.75 Å². The Bertz CT molecular complexity index is 863. The molecule has 7 heteroatoms. The Labute approximate surface area is 143 Å². The normalized spacial score (nSPS) is 10.6. The molecule has 1 heterocycles. The lowest BCUT2D eigenvalue weighted by molar-refractivity contribution is -0.116. The minimum absolute atomic E-state index is 0.153. The number of amides is 1. The lowest BCUT2D eigenvalue weighted by atomic mass is 10.2. The standard InChI is InChI=1S/C18H16FN3O3/c1-21(25-12-13-5-3-2-4-6-13)18(24)17-16(23)11-22(20-17)15-9-7-14(19)8-10-15/h2-11,23H,12H2,1H3. The van der Waals surface area contributed by atoms with Crippen molar-refractivity contribution in [3.8, 4) is 11.4 Å². The van der Waals surface area contributed by atoms with Gasteiger partial charge in [-0.25, -0.2) is 14.1 Å². The second-order valence-corrected chi connectivity index (χ2v) is 5.35. The fraction of sp³-hybridized carbons (Fsp3) is 0.111. The van der Waals surface area contributed by atoms with E-state index in [1.807, 2.05) is 30.3 Å². The Morgan fingerprint density at radius 2 is 1.88 bits per heavy atom. The molecule has 0 aliphatic carbocycles. The largest absolute Gasteiger partial charge is 0.504 e. The first-order valence-electron chi connectivity index (χ1n) is 7.54. The third-order valence-electron chi connectivity index (χ3n) is 3.54. The molecule has 25 heavy (non-hydrogen) atoms. The van der Waals surface area contributed by atoms with Crippen molar-refractivity contribution in [3.05, 3.63) is 77.9 Å². The summed E-state index contributed by atoms with van der Waals surface area (Å²) < 4.78 is 14.3. The molecule has 128 valence electrons. The molecule has 0 saturated carbocycles. The number of benzene rings is 2. The van der Waals surface area contributed by atoms with Gasteiger partial charge >= 0.3 is 5.91 Å². The molecule has 2 aromatic carbocycles. The predicted molar refractivity (Wildman–Crippen MR) is 88.5 cm³/mol. The number of hydrogen-bond acceptors (Lipinski definition) is 4. The van der Waals surface area contributed by atoms with E-state index < -0.39 is 5.91 Å². The number of carbonyl (C=O) groups is 1. The van der Waals surface area contributed by atoms with E-state index in [4.69, 9.17) is 4.84 Å². The summed E-state index contributed by atoms with van der Waals surface area (Å²) in [6.45, 7) is 0.211. The zero-order chi connectivity index (χ0) is 17.8. The fourth-order valence-corrected chi connectivity index (χ4v) is 2.20. The van der Waals surface area contributed by atoms with Crippen LogP contribution in [0.2, 0.25) is 0 Å². The number of hydroxylamine groups is 2. The van der Waals surface area contributed by atoms with Gasteiger partial charge in [-0.05, 0) is 29.8 Å². The van der Waals surface area contributed by atoms with Crippen LogP contribution < -0.4 is 0 Å². The monoisotopic (exact) mass is 341 g/mol. The van der Waals surface area contributed by atoms with Gasteiger partial charge in [0.25, 0.3) is 0 Å². The second-order valence-electron chi connectivity index (χ2n) is 5.35. The molecule has 1 aromatic heterocycles. The zero-order valence-electron chi connectivity index (χ0n) is 13.5. The maximum absolute atomic E-state index is 13.0. The number of aromatic hydroxyl groups is 1. The summed E-state index contributed by atoms with van der Waals surface area (Å²) in [6, 6.07) is 14.9. The number of aromatic nitrogens is 2. The predicted octanol–water partition coefficient (Wildman–Crippen LogP) is 2.92. The first-order chi connectivity index (χ1) is 12.0. The molecule has 0 atom stereocenters. The molecule has 0 aliphatic rings. The van der Waals surface area contributed by atoms with Crippen LogP contribution in [-0.4, -0.2) is 32.9 Å². The minimum Gasteiger partial charge on any atom is -0.504 e. The maximum atomic E-state index is 13.0. The van der Waals surface area contributed by atoms with Crippen molar-refractivity contribution in [1.82, 2.24) is 14.8 Å². The van der Waals surface area contributed by atoms with E-state index in [1.54, 1.807) is 0 Å². The van der Waals surface area contributed by atoms with E-state index in [2.05, 4.69) is 5.10 Å². The molecule has 3 rings (SSSR count). The molecule has 3 aromatic rings. The molecule has 1 N–H and O–H groups in total. The Hall–Kier alpha value is -3.19. The molecule has 6 nitrogen and oxygen atoms in total. The molecule has 0 aliphatic heterocycles. The van der Waals surface area contributed by atoms with Crippen LogP contribution in [0.1, 0.15) is 16.1 Å². The van der Waals surface area contributed by atoms with Crippen molar-refractivity contribution in [3.63, 3.8) is 0 Å². The molecular weight excluding hydrogens is 325 g/mol. The Balaban J connectivity index is 1.72. The van der Waals surface area contributed by atoms with Gasteiger partial charge in [-0.2, -0.15) is 5.10 Å². The quantitative estimate of drug-likeness (QED) is 0.725. The van der Waals surface area contributed by atoms with Gasteiger partial charge in [-0.3, -0.25) is 9.63 Å². The average Bonchev–Trinajstić information content (AvgIpc) is 3.02. The lowest BCUT2D eigenvalue weighted by Crippen LogP contribution is -2.27. The summed E-state index contributed by atoms with van der Waals surface area (Å²) >= 11 is 0. The first kappa shape index (κ1) is 16.7. The Kier molecular flexibility index (Phi) is 4.76. The molecule has 0 bridgehead atoms. The molecule has 0 unspecified atom stereocenters. The number of hydrogen-bond donors (Lipinski definition) is 1. The van der Waals surface area contributed by atoms with E-state index in [-0.39, 0.29) is 23.9 Å². The molecule has 0 spiro atoms. The molecule has 0 saturated heterocycles. The van der Waals surface area contributed by atoms with Gasteiger partial charge in [0, 0.05) is 7.05 Å². The zero-order valence-corrected chi connectivity index (χ0v) is 13.5. The summed E-state index contributed by atoms with van der Waals surface area (Å²) in [4.78, 5) is 17.8. The number of carbonyl (C=O) groups excluding carboxylic acids is 1. The van der Waals surface area contributed by atoms with Crippen molar-refractivity contribution in [1.29, 1.82) is 0 Å². The lowest BCUT2D eigenvalue weighted by Gasteiger charge is -2.15. The third kappa shape index (κ3) is 3.84. The average molecular weight is 341 g/mol. The maximum Gasteiger partial charge on any atom is 0.301 e. The van der Waals surface area contributed by atoms with Crippen LogP contribution in [0.15, 0.2) is 60.8 Å². The third-order valence-corrected chi connectivity index (χ3v) is 3.54. The number of nitrogens with zero attached hydrogens (tertiary/aromatic N) is 3. The van der Waals surface area contributed by atoms with Gasteiger partial charge in [0.15, 0.2) is 11.4 Å². The van der Waals surface area contributed by atoms with Crippen LogP contribution >= 0.6 is 0 Å². The minimum atomic E-state index is -0.589. The van der Waals surface area contributed by atoms with Crippen LogP contribution in [0.3, 0.4) is 0 Å². The highest BCUT2D eigenvalue weighted by molar-refractivity contribution is 5.94. The molecular formula is C18H16FN3O3. The summed E-state index contributed by atoms with van der Waals surface area (Å²) in [6.07, 6.45) is 1.28. The Morgan fingerprint density at radius 3 is 2.56 bits per heavy atom. The summed E-state index contributed by atoms with van der Waals surface area (Å²) in [7, 11) is 1.45. The first-order valence-corrected chi connectivity index (χ1v) is 7.54. The van der Waals surface area contributed by atoms with E-state index in [0.29, 0.717) is 5.69 Å². The van der Waals surface area contributed by atoms with E-state index in [9.17, 15) is 14.3 Å². The van der Waals surface area contributed by atoms with Gasteiger partial charge in [0.1, 0.15) is 12.4 Å². The summed E-state index contributed by atoms with van der Waals surface area (Å²) in [5.41, 5.74) is 1.27. The smallest absolute Gasteiger partial charge is 0.301 e. The molecule has 0 fully saturated rings. The summed E-state index contributed by atoms with van der Waals surface area (Å²) in [5, 5.41) is 15.1. The van der Waals surface area contributed by atoms with E-state index >= 15 is 0 Å². The number of halogens is 1. The van der Waals surface area contributed by atoms with Gasteiger partial charge in [0.2, 0.25) is 0 Å². The molecule has 1 amide bonds. The van der Waals surface area contributed by atoms with Crippen molar-refractivity contribution < 1.29 is 19.1 Å². The van der Waals surface area contributed by atoms with E-state index in [1.165, 1.54) is 42.2 Å². The van der Waals surface area contributed by atoms with Crippen LogP contribution in [0.25, 0.3) is 5.69 Å². The molecule has 0 radical (unpaired) electrons. The van der Waals surface area contributed by atoms with Gasteiger partial charge in [0.05, 0.1) is 11.9 Å². The van der Waals surface area contributed by atoms with Gasteiger partial charge in [-0.1, -0.05) is 30.3 Å². The van der Waals surface area contributed by atoms with E-state index in [0.717, 1.165) is 10.6 Å². The van der Waals surface area contributed by atoms with Crippen LogP contribution in [0.4, 0.5) is 4.39 Å². The highest BCUT2D eigenvalue weighted by Crippen LogP contribution is 2.20. The van der Waals surface area contributed by atoms with Gasteiger partial charge in [-0.15, -0.1) is 0 Å². The Morgan fingerprint density at radius 1 is 1.20 bits per heavy atom. The second kappa shape index (κ2) is 7.14. The van der Waals surface area contributed by atoms with Crippen molar-refractivity contribution in [2.75, 3.05) is 7.05 Å². The highest BCUT2D eigenvalue weighted by atomic mass is 19.1. The van der Waals surface area contributed by atoms with Crippen molar-refractivity contribution in [2.45, 2.75) is 6.61 Å². The van der Waals surface area contributed by atoms with Crippen molar-refractivity contribution >= 4 is 5.91 Å². The summed E-state index contributed by atoms with van der Waals surface area (Å²) in [5.74, 6) is -1.26. The SMILES string of the molecule is CN(OCc1ccccc1)C(=O)c1nn(-c2ccc(F)cc2)cc1O. The van der Waals surface area contributed by atoms with Crippen molar-refractivity contribution in [2.24, 2.45) is 0 Å². The number of rotatable bonds is 5. The highest BCUT2D eigenvalue weighted by Gasteiger charge is 2.21. The topological polar surface area (TPSA) is 67.6 Å². The van der Waals surface area contributed by atoms with Crippen LogP contribution in [0, 0.1) is 5.82 Å². The van der Waals surface area contributed by atoms with Crippen LogP contribution in [-0.2, 0) is 11.4 Å².